The van der Waals surface area contributed by atoms with Crippen LogP contribution in [0.4, 0.5) is 19.0 Å². The molecule has 0 spiro atoms. The van der Waals surface area contributed by atoms with Crippen molar-refractivity contribution >= 4 is 23.3 Å². The van der Waals surface area contributed by atoms with Gasteiger partial charge in [-0.25, -0.2) is 4.98 Å². The van der Waals surface area contributed by atoms with E-state index in [1.807, 2.05) is 6.92 Å². The van der Waals surface area contributed by atoms with E-state index < -0.39 is 35.8 Å². The van der Waals surface area contributed by atoms with E-state index >= 15 is 0 Å². The molecule has 0 saturated carbocycles. The fourth-order valence-electron chi connectivity index (χ4n) is 3.57. The highest BCUT2D eigenvalue weighted by Crippen LogP contribution is 2.30. The first kappa shape index (κ1) is 21.5. The van der Waals surface area contributed by atoms with Crippen LogP contribution < -0.4 is 10.9 Å². The van der Waals surface area contributed by atoms with Gasteiger partial charge in [-0.1, -0.05) is 6.07 Å². The Bertz CT molecular complexity index is 1290. The zero-order chi connectivity index (χ0) is 23.4. The largest absolute Gasteiger partial charge is 0.435 e. The van der Waals surface area contributed by atoms with E-state index in [2.05, 4.69) is 15.4 Å². The van der Waals surface area contributed by atoms with E-state index in [-0.39, 0.29) is 35.3 Å². The van der Waals surface area contributed by atoms with Crippen LogP contribution in [0, 0.1) is 6.92 Å². The van der Waals surface area contributed by atoms with E-state index in [9.17, 15) is 27.6 Å². The first-order chi connectivity index (χ1) is 15.0. The van der Waals surface area contributed by atoms with E-state index in [1.54, 1.807) is 32.2 Å². The molecule has 0 aromatic carbocycles. The quantitative estimate of drug-likeness (QED) is 0.660. The molecule has 1 aliphatic rings. The van der Waals surface area contributed by atoms with Gasteiger partial charge in [0.2, 0.25) is 5.91 Å². The van der Waals surface area contributed by atoms with Crippen molar-refractivity contribution in [1.82, 2.24) is 24.1 Å². The van der Waals surface area contributed by atoms with Crippen molar-refractivity contribution in [2.75, 3.05) is 5.32 Å². The number of carbonyl (C=O) groups is 2. The van der Waals surface area contributed by atoms with E-state index in [1.165, 1.54) is 4.90 Å². The lowest BCUT2D eigenvalue weighted by Crippen LogP contribution is -2.32. The predicted octanol–water partition coefficient (Wildman–Crippen LogP) is 2.22. The summed E-state index contributed by atoms with van der Waals surface area (Å²) in [6.07, 6.45) is -3.26. The van der Waals surface area contributed by atoms with Crippen molar-refractivity contribution in [3.05, 3.63) is 57.3 Å². The van der Waals surface area contributed by atoms with Gasteiger partial charge >= 0.3 is 6.18 Å². The molecule has 0 bridgehead atoms. The third-order valence-electron chi connectivity index (χ3n) is 5.16. The molecular formula is C20H19F3N6O3. The fourth-order valence-corrected chi connectivity index (χ4v) is 3.57. The van der Waals surface area contributed by atoms with E-state index in [4.69, 9.17) is 0 Å². The van der Waals surface area contributed by atoms with Crippen LogP contribution in [0.25, 0.3) is 5.65 Å². The minimum absolute atomic E-state index is 0.00529. The second kappa shape index (κ2) is 7.46. The maximum Gasteiger partial charge on any atom is 0.435 e. The number of aryl methyl sites for hydroxylation is 1. The van der Waals surface area contributed by atoms with Gasteiger partial charge in [0.15, 0.2) is 5.69 Å². The average Bonchev–Trinajstić information content (AvgIpc) is 3.30. The zero-order valence-corrected chi connectivity index (χ0v) is 17.4. The van der Waals surface area contributed by atoms with Crippen LogP contribution in [0.2, 0.25) is 0 Å². The molecule has 1 N–H and O–H groups in total. The molecule has 2 amide bonds. The van der Waals surface area contributed by atoms with Crippen LogP contribution in [0.15, 0.2) is 29.2 Å². The van der Waals surface area contributed by atoms with E-state index in [0.29, 0.717) is 10.6 Å². The number of fused-ring (bicyclic) bond motifs is 2. The van der Waals surface area contributed by atoms with Crippen LogP contribution in [-0.4, -0.2) is 41.9 Å². The molecule has 4 rings (SSSR count). The highest BCUT2D eigenvalue weighted by molar-refractivity contribution is 5.98. The van der Waals surface area contributed by atoms with Crippen molar-refractivity contribution in [3.63, 3.8) is 0 Å². The van der Waals surface area contributed by atoms with Gasteiger partial charge in [0.25, 0.3) is 11.5 Å². The number of rotatable bonds is 4. The Morgan fingerprint density at radius 3 is 2.56 bits per heavy atom. The van der Waals surface area contributed by atoms with Gasteiger partial charge in [0.1, 0.15) is 23.7 Å². The Labute approximate surface area is 179 Å². The lowest BCUT2D eigenvalue weighted by atomic mass is 10.2. The summed E-state index contributed by atoms with van der Waals surface area (Å²) >= 11 is 0. The molecule has 168 valence electrons. The molecule has 4 heterocycles. The van der Waals surface area contributed by atoms with Gasteiger partial charge in [-0.15, -0.1) is 0 Å². The highest BCUT2D eigenvalue weighted by atomic mass is 19.4. The smallest absolute Gasteiger partial charge is 0.330 e. The van der Waals surface area contributed by atoms with Gasteiger partial charge in [-0.05, 0) is 32.4 Å². The number of hydrogen-bond acceptors (Lipinski definition) is 5. The van der Waals surface area contributed by atoms with Gasteiger partial charge in [-0.3, -0.25) is 14.4 Å². The Kier molecular flexibility index (Phi) is 5.02. The molecule has 9 nitrogen and oxygen atoms in total. The molecule has 1 aliphatic heterocycles. The number of nitrogens with one attached hydrogen (secondary N) is 1. The van der Waals surface area contributed by atoms with Crippen molar-refractivity contribution in [1.29, 1.82) is 0 Å². The predicted molar refractivity (Wildman–Crippen MR) is 107 cm³/mol. The summed E-state index contributed by atoms with van der Waals surface area (Å²) in [6.45, 7) is 4.73. The summed E-state index contributed by atoms with van der Waals surface area (Å²) in [5, 5.41) is 5.95. The monoisotopic (exact) mass is 448 g/mol. The molecule has 3 aromatic rings. The SMILES string of the molecule is Cc1ccc(NC(=O)Cn2c3c(c(=O)n4nc(C(F)(F)F)cc24)CN(C(C)C)C3=O)nc1. The summed E-state index contributed by atoms with van der Waals surface area (Å²) in [4.78, 5) is 44.0. The highest BCUT2D eigenvalue weighted by Gasteiger charge is 2.39. The van der Waals surface area contributed by atoms with Gasteiger partial charge in [0, 0.05) is 18.3 Å². The average molecular weight is 448 g/mol. The van der Waals surface area contributed by atoms with Crippen LogP contribution in [-0.2, 0) is 24.1 Å². The van der Waals surface area contributed by atoms with Crippen molar-refractivity contribution < 1.29 is 22.8 Å². The number of hydrogen-bond donors (Lipinski definition) is 1. The Morgan fingerprint density at radius 1 is 1.25 bits per heavy atom. The fraction of sp³-hybridized carbons (Fsp3) is 0.350. The van der Waals surface area contributed by atoms with Crippen LogP contribution >= 0.6 is 0 Å². The molecule has 32 heavy (non-hydrogen) atoms. The summed E-state index contributed by atoms with van der Waals surface area (Å²) in [7, 11) is 0. The van der Waals surface area contributed by atoms with Crippen molar-refractivity contribution in [3.8, 4) is 0 Å². The second-order valence-corrected chi connectivity index (χ2v) is 7.81. The molecule has 3 aromatic heterocycles. The van der Waals surface area contributed by atoms with Gasteiger partial charge in [-0.2, -0.15) is 22.8 Å². The Morgan fingerprint density at radius 2 is 1.97 bits per heavy atom. The number of anilines is 1. The topological polar surface area (TPSA) is 102 Å². The molecule has 0 aliphatic carbocycles. The minimum atomic E-state index is -4.80. The van der Waals surface area contributed by atoms with Gasteiger partial charge < -0.3 is 14.8 Å². The molecule has 0 saturated heterocycles. The van der Waals surface area contributed by atoms with Crippen LogP contribution in [0.1, 0.15) is 41.2 Å². The molecule has 12 heteroatoms. The number of halogens is 3. The summed E-state index contributed by atoms with van der Waals surface area (Å²) in [5.41, 5.74) is -1.65. The molecule has 0 radical (unpaired) electrons. The number of carbonyl (C=O) groups excluding carboxylic acids is 2. The maximum atomic E-state index is 13.3. The summed E-state index contributed by atoms with van der Waals surface area (Å²) in [6, 6.07) is 3.70. The van der Waals surface area contributed by atoms with Crippen LogP contribution in [0.3, 0.4) is 0 Å². The minimum Gasteiger partial charge on any atom is -0.330 e. The number of alkyl halides is 3. The molecule has 0 fully saturated rings. The normalized spacial score (nSPS) is 13.8. The van der Waals surface area contributed by atoms with Crippen molar-refractivity contribution in [2.24, 2.45) is 0 Å². The molecular weight excluding hydrogens is 429 g/mol. The Balaban J connectivity index is 1.84. The van der Waals surface area contributed by atoms with Gasteiger partial charge in [0.05, 0.1) is 12.1 Å². The first-order valence-corrected chi connectivity index (χ1v) is 9.73. The third-order valence-corrected chi connectivity index (χ3v) is 5.16. The lowest BCUT2D eigenvalue weighted by molar-refractivity contribution is -0.141. The third kappa shape index (κ3) is 3.61. The molecule has 0 atom stereocenters. The molecule has 0 unspecified atom stereocenters. The second-order valence-electron chi connectivity index (χ2n) is 7.81. The standard InChI is InChI=1S/C20H19F3N6O3/c1-10(2)27-8-12-17(19(27)32)28(9-15(30)25-14-5-4-11(3)7-24-14)16-6-13(20(21,22)23)26-29(16)18(12)31/h4-7,10H,8-9H2,1-3H3,(H,24,25,30). The first-order valence-electron chi connectivity index (χ1n) is 9.73. The zero-order valence-electron chi connectivity index (χ0n) is 17.4. The number of pyridine rings is 1. The maximum absolute atomic E-state index is 13.3. The van der Waals surface area contributed by atoms with Crippen LogP contribution in [0.5, 0.6) is 0 Å². The van der Waals surface area contributed by atoms with E-state index in [0.717, 1.165) is 10.1 Å². The number of aromatic nitrogens is 4. The number of nitrogens with zero attached hydrogens (tertiary/aromatic N) is 5. The van der Waals surface area contributed by atoms with Crippen molar-refractivity contribution in [2.45, 2.75) is 46.1 Å². The Hall–Kier alpha value is -3.70. The summed E-state index contributed by atoms with van der Waals surface area (Å²) < 4.78 is 41.5. The summed E-state index contributed by atoms with van der Waals surface area (Å²) in [5.74, 6) is -0.917. The number of amides is 2. The lowest BCUT2D eigenvalue weighted by Gasteiger charge is -2.20.